The molecule has 2 aliphatic heterocycles. The zero-order chi connectivity index (χ0) is 30.3. The molecule has 0 spiro atoms. The third-order valence-corrected chi connectivity index (χ3v) is 10.2. The molecule has 43 heavy (non-hydrogen) atoms. The number of hydrogen-bond donors (Lipinski definition) is 2. The van der Waals surface area contributed by atoms with Gasteiger partial charge in [-0.3, -0.25) is 0 Å². The van der Waals surface area contributed by atoms with Crippen molar-refractivity contribution in [1.82, 2.24) is 4.90 Å². The van der Waals surface area contributed by atoms with Crippen molar-refractivity contribution in [3.05, 3.63) is 58.8 Å². The van der Waals surface area contributed by atoms with Gasteiger partial charge >= 0.3 is 5.97 Å². The second-order valence-corrected chi connectivity index (χ2v) is 12.9. The van der Waals surface area contributed by atoms with Crippen LogP contribution in [0.25, 0.3) is 11.1 Å². The predicted octanol–water partition coefficient (Wildman–Crippen LogP) is 9.06. The highest BCUT2D eigenvalue weighted by Gasteiger charge is 2.31. The minimum absolute atomic E-state index is 0.180. The summed E-state index contributed by atoms with van der Waals surface area (Å²) in [7, 11) is 1.48. The Morgan fingerprint density at radius 3 is 2.65 bits per heavy atom. The van der Waals surface area contributed by atoms with Gasteiger partial charge in [-0.2, -0.15) is 0 Å². The molecule has 3 aliphatic rings. The van der Waals surface area contributed by atoms with Gasteiger partial charge in [0.2, 0.25) is 0 Å². The fraction of sp³-hybridized carbons (Fsp3) is 0.568. The van der Waals surface area contributed by atoms with Gasteiger partial charge in [0.05, 0.1) is 30.4 Å². The van der Waals surface area contributed by atoms with Crippen molar-refractivity contribution >= 4 is 23.7 Å². The number of allylic oxidation sites excluding steroid dienone is 1. The Kier molecular flexibility index (Phi) is 10.6. The van der Waals surface area contributed by atoms with E-state index >= 15 is 0 Å². The SMILES string of the molecule is CCC1C=CNc2c(C(=O)OC)c(C(C)CCCC[C@@H](CC)CO)cc(-c3ccc4c(c3)N=CN(C3CCCCC3)C4)c21. The minimum Gasteiger partial charge on any atom is -0.465 e. The van der Waals surface area contributed by atoms with Crippen LogP contribution < -0.4 is 5.32 Å². The molecule has 1 saturated carbocycles. The van der Waals surface area contributed by atoms with Gasteiger partial charge < -0.3 is 20.1 Å². The molecular weight excluding hydrogens is 534 g/mol. The van der Waals surface area contributed by atoms with Crippen LogP contribution in [-0.4, -0.2) is 42.1 Å². The molecule has 6 heteroatoms. The molecule has 2 N–H and O–H groups in total. The van der Waals surface area contributed by atoms with E-state index in [1.165, 1.54) is 55.9 Å². The van der Waals surface area contributed by atoms with Crippen molar-refractivity contribution in [2.45, 2.75) is 116 Å². The number of methoxy groups -OCH3 is 1. The maximum Gasteiger partial charge on any atom is 0.340 e. The molecule has 0 amide bonds. The van der Waals surface area contributed by atoms with Crippen LogP contribution in [0.15, 0.2) is 41.5 Å². The lowest BCUT2D eigenvalue weighted by Crippen LogP contribution is -2.36. The van der Waals surface area contributed by atoms with E-state index in [2.05, 4.69) is 67.7 Å². The lowest BCUT2D eigenvalue weighted by atomic mass is 9.79. The van der Waals surface area contributed by atoms with Gasteiger partial charge in [0.1, 0.15) is 0 Å². The standard InChI is InChI=1S/C37H51N3O3/c1-5-26(23-41)13-11-10-12-25(3)31-21-32(34-27(6-2)18-19-38-36(34)35(31)37(42)43-4)28-16-17-29-22-40(24-39-33(29)20-28)30-14-8-7-9-15-30/h16-21,24-27,30,38,41H,5-15,22-23H2,1-4H3/t25?,26-,27?/m1/s1. The maximum absolute atomic E-state index is 13.4. The van der Waals surface area contributed by atoms with Gasteiger partial charge in [-0.25, -0.2) is 9.79 Å². The number of nitrogens with zero attached hydrogens (tertiary/aromatic N) is 2. The van der Waals surface area contributed by atoms with Gasteiger partial charge in [0.15, 0.2) is 0 Å². The normalized spacial score (nSPS) is 19.4. The van der Waals surface area contributed by atoms with Crippen molar-refractivity contribution < 1.29 is 14.6 Å². The molecule has 5 rings (SSSR count). The number of hydrogen-bond acceptors (Lipinski definition) is 6. The molecule has 0 radical (unpaired) electrons. The highest BCUT2D eigenvalue weighted by Crippen LogP contribution is 2.46. The first kappa shape index (κ1) is 31.3. The number of ether oxygens (including phenoxy) is 1. The van der Waals surface area contributed by atoms with Crippen LogP contribution in [0.5, 0.6) is 0 Å². The first-order valence-corrected chi connectivity index (χ1v) is 16.7. The van der Waals surface area contributed by atoms with E-state index in [9.17, 15) is 9.90 Å². The number of fused-ring (bicyclic) bond motifs is 2. The summed E-state index contributed by atoms with van der Waals surface area (Å²) >= 11 is 0. The molecular formula is C37H51N3O3. The second kappa shape index (κ2) is 14.6. The molecule has 2 heterocycles. The van der Waals surface area contributed by atoms with Crippen molar-refractivity contribution in [1.29, 1.82) is 0 Å². The summed E-state index contributed by atoms with van der Waals surface area (Å²) in [4.78, 5) is 20.8. The Balaban J connectivity index is 1.51. The number of rotatable bonds is 12. The largest absolute Gasteiger partial charge is 0.465 e. The highest BCUT2D eigenvalue weighted by molar-refractivity contribution is 6.01. The molecule has 0 bridgehead atoms. The van der Waals surface area contributed by atoms with E-state index in [0.717, 1.165) is 67.6 Å². The van der Waals surface area contributed by atoms with Crippen LogP contribution in [0.1, 0.15) is 130 Å². The highest BCUT2D eigenvalue weighted by atomic mass is 16.5. The van der Waals surface area contributed by atoms with Gasteiger partial charge in [0.25, 0.3) is 0 Å². The summed E-state index contributed by atoms with van der Waals surface area (Å²) in [6.45, 7) is 7.75. The lowest BCUT2D eigenvalue weighted by molar-refractivity contribution is 0.0600. The van der Waals surface area contributed by atoms with Crippen molar-refractivity contribution in [2.75, 3.05) is 19.0 Å². The number of carbonyl (C=O) groups is 1. The van der Waals surface area contributed by atoms with Crippen LogP contribution in [-0.2, 0) is 11.3 Å². The first-order valence-electron chi connectivity index (χ1n) is 16.7. The average molecular weight is 586 g/mol. The number of aliphatic hydroxyl groups is 1. The fourth-order valence-electron chi connectivity index (χ4n) is 7.35. The van der Waals surface area contributed by atoms with Crippen LogP contribution in [0.3, 0.4) is 0 Å². The number of anilines is 1. The van der Waals surface area contributed by atoms with E-state index in [0.29, 0.717) is 17.5 Å². The summed E-state index contributed by atoms with van der Waals surface area (Å²) in [6, 6.07) is 9.64. The van der Waals surface area contributed by atoms with E-state index in [1.807, 2.05) is 6.20 Å². The molecule has 1 aliphatic carbocycles. The van der Waals surface area contributed by atoms with Crippen molar-refractivity contribution in [2.24, 2.45) is 10.9 Å². The summed E-state index contributed by atoms with van der Waals surface area (Å²) in [5.74, 6) is 0.468. The number of nitrogens with one attached hydrogen (secondary N) is 1. The van der Waals surface area contributed by atoms with Gasteiger partial charge in [0, 0.05) is 25.1 Å². The Labute approximate surface area is 258 Å². The zero-order valence-electron chi connectivity index (χ0n) is 26.7. The molecule has 1 fully saturated rings. The Bertz CT molecular complexity index is 1320. The number of aliphatic imine (C=N–C) groups is 1. The monoisotopic (exact) mass is 585 g/mol. The van der Waals surface area contributed by atoms with Crippen LogP contribution >= 0.6 is 0 Å². The fourth-order valence-corrected chi connectivity index (χ4v) is 7.35. The molecule has 2 aromatic carbocycles. The molecule has 2 aromatic rings. The number of esters is 1. The average Bonchev–Trinajstić information content (AvgIpc) is 3.06. The molecule has 3 atom stereocenters. The minimum atomic E-state index is -0.286. The Hall–Kier alpha value is -3.12. The number of benzene rings is 2. The van der Waals surface area contributed by atoms with E-state index in [4.69, 9.17) is 9.73 Å². The first-order chi connectivity index (χ1) is 21.0. The smallest absolute Gasteiger partial charge is 0.340 e. The van der Waals surface area contributed by atoms with Crippen LogP contribution in [0, 0.1) is 5.92 Å². The number of unbranched alkanes of at least 4 members (excludes halogenated alkanes) is 1. The van der Waals surface area contributed by atoms with E-state index < -0.39 is 0 Å². The summed E-state index contributed by atoms with van der Waals surface area (Å²) in [5, 5.41) is 13.1. The topological polar surface area (TPSA) is 74.2 Å². The molecule has 0 aromatic heterocycles. The van der Waals surface area contributed by atoms with Gasteiger partial charge in [-0.05, 0) is 90.1 Å². The molecule has 0 saturated heterocycles. The molecule has 2 unspecified atom stereocenters. The third kappa shape index (κ3) is 6.85. The van der Waals surface area contributed by atoms with Crippen LogP contribution in [0.4, 0.5) is 11.4 Å². The second-order valence-electron chi connectivity index (χ2n) is 12.9. The zero-order valence-corrected chi connectivity index (χ0v) is 26.7. The third-order valence-electron chi connectivity index (χ3n) is 10.2. The van der Waals surface area contributed by atoms with Gasteiger partial charge in [-0.1, -0.05) is 77.5 Å². The van der Waals surface area contributed by atoms with Gasteiger partial charge in [-0.15, -0.1) is 0 Å². The summed E-state index contributed by atoms with van der Waals surface area (Å²) < 4.78 is 5.37. The van der Waals surface area contributed by atoms with E-state index in [-0.39, 0.29) is 24.4 Å². The summed E-state index contributed by atoms with van der Waals surface area (Å²) in [5.41, 5.74) is 8.40. The quantitative estimate of drug-likeness (QED) is 0.192. The number of aliphatic hydroxyl groups excluding tert-OH is 1. The Morgan fingerprint density at radius 2 is 1.93 bits per heavy atom. The predicted molar refractivity (Wildman–Crippen MR) is 177 cm³/mol. The van der Waals surface area contributed by atoms with E-state index in [1.54, 1.807) is 0 Å². The Morgan fingerprint density at radius 1 is 1.14 bits per heavy atom. The van der Waals surface area contributed by atoms with Crippen molar-refractivity contribution in [3.63, 3.8) is 0 Å². The van der Waals surface area contributed by atoms with Crippen molar-refractivity contribution in [3.8, 4) is 11.1 Å². The number of carbonyl (C=O) groups excluding carboxylic acids is 1. The molecule has 6 nitrogen and oxygen atoms in total. The lowest BCUT2D eigenvalue weighted by Gasteiger charge is -2.35. The summed E-state index contributed by atoms with van der Waals surface area (Å²) in [6.07, 6.45) is 18.9. The maximum atomic E-state index is 13.4. The molecule has 232 valence electrons. The van der Waals surface area contributed by atoms with Crippen LogP contribution in [0.2, 0.25) is 0 Å².